The fourth-order valence-electron chi connectivity index (χ4n) is 0.727. The number of aliphatic hydroxyl groups is 1. The van der Waals surface area contributed by atoms with Crippen LogP contribution in [-0.2, 0) is 4.79 Å². The molecule has 0 atom stereocenters. The van der Waals surface area contributed by atoms with Crippen LogP contribution in [0.1, 0.15) is 0 Å². The molecule has 13 heavy (non-hydrogen) atoms. The van der Waals surface area contributed by atoms with E-state index in [0.717, 1.165) is 0 Å². The van der Waals surface area contributed by atoms with Crippen molar-refractivity contribution in [3.63, 3.8) is 0 Å². The second-order valence-electron chi connectivity index (χ2n) is 2.34. The zero-order valence-electron chi connectivity index (χ0n) is 6.84. The lowest BCUT2D eigenvalue weighted by atomic mass is 10.4. The Morgan fingerprint density at radius 1 is 1.54 bits per heavy atom. The highest BCUT2D eigenvalue weighted by Crippen LogP contribution is 2.16. The molecular weight excluding hydrogens is 187 g/mol. The molecule has 1 N–H and O–H groups in total. The Labute approximate surface area is 73.5 Å². The molecule has 1 amide bonds. The van der Waals surface area contributed by atoms with Gasteiger partial charge in [0, 0.05) is 6.54 Å². The summed E-state index contributed by atoms with van der Waals surface area (Å²) in [5.41, 5.74) is 0. The van der Waals surface area contributed by atoms with Crippen molar-refractivity contribution in [2.75, 3.05) is 19.7 Å². The molecule has 76 valence electrons. The van der Waals surface area contributed by atoms with E-state index in [1.165, 1.54) is 6.08 Å². The van der Waals surface area contributed by atoms with Crippen molar-refractivity contribution in [2.24, 2.45) is 0 Å². The van der Waals surface area contributed by atoms with E-state index in [2.05, 4.69) is 6.58 Å². The molecule has 0 aliphatic carbocycles. The Hall–Kier alpha value is -1.04. The second-order valence-corrected chi connectivity index (χ2v) is 2.34. The van der Waals surface area contributed by atoms with Crippen molar-refractivity contribution in [3.8, 4) is 0 Å². The minimum atomic E-state index is -4.45. The van der Waals surface area contributed by atoms with E-state index in [1.54, 1.807) is 0 Å². The molecule has 0 fully saturated rings. The molecule has 0 bridgehead atoms. The highest BCUT2D eigenvalue weighted by Gasteiger charge is 2.32. The van der Waals surface area contributed by atoms with Gasteiger partial charge in [0.15, 0.2) is 0 Å². The van der Waals surface area contributed by atoms with Gasteiger partial charge in [-0.15, -0.1) is 6.58 Å². The van der Waals surface area contributed by atoms with Gasteiger partial charge in [-0.3, -0.25) is 4.79 Å². The van der Waals surface area contributed by atoms with Crippen molar-refractivity contribution in [2.45, 2.75) is 6.18 Å². The van der Waals surface area contributed by atoms with Gasteiger partial charge < -0.3 is 10.0 Å². The van der Waals surface area contributed by atoms with E-state index in [9.17, 15) is 18.0 Å². The van der Waals surface area contributed by atoms with E-state index >= 15 is 0 Å². The number of rotatable bonds is 4. The summed E-state index contributed by atoms with van der Waals surface area (Å²) in [6.07, 6.45) is -3.28. The zero-order chi connectivity index (χ0) is 10.5. The highest BCUT2D eigenvalue weighted by molar-refractivity contribution is 5.77. The maximum atomic E-state index is 11.8. The van der Waals surface area contributed by atoms with Crippen molar-refractivity contribution in [1.29, 1.82) is 0 Å². The van der Waals surface area contributed by atoms with Crippen molar-refractivity contribution in [3.05, 3.63) is 12.7 Å². The van der Waals surface area contributed by atoms with Gasteiger partial charge >= 0.3 is 6.18 Å². The molecule has 0 aliphatic heterocycles. The fourth-order valence-corrected chi connectivity index (χ4v) is 0.727. The topological polar surface area (TPSA) is 40.5 Å². The van der Waals surface area contributed by atoms with Crippen molar-refractivity contribution >= 4 is 5.91 Å². The monoisotopic (exact) mass is 197 g/mol. The largest absolute Gasteiger partial charge is 0.406 e. The number of nitrogens with zero attached hydrogens (tertiary/aromatic N) is 1. The first kappa shape index (κ1) is 12.0. The molecule has 6 heteroatoms. The van der Waals surface area contributed by atoms with Gasteiger partial charge in [-0.1, -0.05) is 6.08 Å². The number of carbonyl (C=O) groups is 1. The fraction of sp³-hybridized carbons (Fsp3) is 0.571. The van der Waals surface area contributed by atoms with Gasteiger partial charge in [-0.2, -0.15) is 13.2 Å². The van der Waals surface area contributed by atoms with Crippen LogP contribution < -0.4 is 0 Å². The molecule has 0 saturated carbocycles. The molecule has 0 saturated heterocycles. The summed E-state index contributed by atoms with van der Waals surface area (Å²) in [5, 5.41) is 8.34. The third-order valence-electron chi connectivity index (χ3n) is 1.21. The summed E-state index contributed by atoms with van der Waals surface area (Å²) in [7, 11) is 0. The zero-order valence-corrected chi connectivity index (χ0v) is 6.84. The van der Waals surface area contributed by atoms with Crippen molar-refractivity contribution in [1.82, 2.24) is 4.90 Å². The van der Waals surface area contributed by atoms with Crippen LogP contribution >= 0.6 is 0 Å². The Morgan fingerprint density at radius 2 is 2.08 bits per heavy atom. The molecule has 0 aromatic carbocycles. The number of hydrogen-bond acceptors (Lipinski definition) is 2. The molecule has 3 nitrogen and oxygen atoms in total. The van der Waals surface area contributed by atoms with Crippen LogP contribution in [0.5, 0.6) is 0 Å². The van der Waals surface area contributed by atoms with Gasteiger partial charge in [-0.25, -0.2) is 0 Å². The maximum Gasteiger partial charge on any atom is 0.406 e. The van der Waals surface area contributed by atoms with E-state index < -0.39 is 25.2 Å². The van der Waals surface area contributed by atoms with Crippen LogP contribution in [0.2, 0.25) is 0 Å². The molecule has 0 radical (unpaired) electrons. The van der Waals surface area contributed by atoms with E-state index in [0.29, 0.717) is 4.90 Å². The molecule has 0 unspecified atom stereocenters. The molecule has 0 spiro atoms. The second kappa shape index (κ2) is 4.86. The molecule has 0 rings (SSSR count). The Bertz CT molecular complexity index is 191. The summed E-state index contributed by atoms with van der Waals surface area (Å²) >= 11 is 0. The minimum absolute atomic E-state index is 0.223. The van der Waals surface area contributed by atoms with Crippen molar-refractivity contribution < 1.29 is 23.1 Å². The van der Waals surface area contributed by atoms with Crippen LogP contribution in [-0.4, -0.2) is 41.8 Å². The number of carbonyl (C=O) groups excluding carboxylic acids is 1. The van der Waals surface area contributed by atoms with Crippen LogP contribution in [0.3, 0.4) is 0 Å². The SMILES string of the molecule is C=CCN(CC(F)(F)F)C(=O)CO. The van der Waals surface area contributed by atoms with Crippen LogP contribution in [0.25, 0.3) is 0 Å². The summed E-state index contributed by atoms with van der Waals surface area (Å²) in [6, 6.07) is 0. The maximum absolute atomic E-state index is 11.8. The Morgan fingerprint density at radius 3 is 2.38 bits per heavy atom. The summed E-state index contributed by atoms with van der Waals surface area (Å²) in [5.74, 6) is -0.961. The van der Waals surface area contributed by atoms with Gasteiger partial charge in [0.2, 0.25) is 5.91 Å². The summed E-state index contributed by atoms with van der Waals surface area (Å²) in [4.78, 5) is 11.2. The minimum Gasteiger partial charge on any atom is -0.387 e. The van der Waals surface area contributed by atoms with Crippen LogP contribution in [0.15, 0.2) is 12.7 Å². The third kappa shape index (κ3) is 5.24. The predicted octanol–water partition coefficient (Wildman–Crippen LogP) is 0.556. The molecular formula is C7H10F3NO2. The normalized spacial score (nSPS) is 11.1. The Kier molecular flexibility index (Phi) is 4.47. The molecule has 0 heterocycles. The van der Waals surface area contributed by atoms with Gasteiger partial charge in [0.05, 0.1) is 0 Å². The number of alkyl halides is 3. The van der Waals surface area contributed by atoms with Gasteiger partial charge in [0.25, 0.3) is 0 Å². The summed E-state index contributed by atoms with van der Waals surface area (Å²) in [6.45, 7) is 0.692. The lowest BCUT2D eigenvalue weighted by Crippen LogP contribution is -2.40. The third-order valence-corrected chi connectivity index (χ3v) is 1.21. The number of amides is 1. The summed E-state index contributed by atoms with van der Waals surface area (Å²) < 4.78 is 35.4. The molecule has 0 aromatic rings. The first-order valence-electron chi connectivity index (χ1n) is 3.47. The van der Waals surface area contributed by atoms with Gasteiger partial charge in [-0.05, 0) is 0 Å². The smallest absolute Gasteiger partial charge is 0.387 e. The van der Waals surface area contributed by atoms with E-state index in [-0.39, 0.29) is 6.54 Å². The molecule has 0 aliphatic rings. The average Bonchev–Trinajstić information content (AvgIpc) is 2.00. The lowest BCUT2D eigenvalue weighted by Gasteiger charge is -2.21. The first-order chi connectivity index (χ1) is 5.90. The average molecular weight is 197 g/mol. The van der Waals surface area contributed by atoms with E-state index in [1.807, 2.05) is 0 Å². The molecule has 0 aromatic heterocycles. The number of hydrogen-bond donors (Lipinski definition) is 1. The Balaban J connectivity index is 4.25. The number of aliphatic hydroxyl groups excluding tert-OH is 1. The first-order valence-corrected chi connectivity index (χ1v) is 3.47. The standard InChI is InChI=1S/C7H10F3NO2/c1-2-3-11(6(13)4-12)5-7(8,9)10/h2,12H,1,3-5H2. The quantitative estimate of drug-likeness (QED) is 0.669. The lowest BCUT2D eigenvalue weighted by molar-refractivity contribution is -0.161. The van der Waals surface area contributed by atoms with Crippen LogP contribution in [0.4, 0.5) is 13.2 Å². The van der Waals surface area contributed by atoms with Gasteiger partial charge in [0.1, 0.15) is 13.2 Å². The predicted molar refractivity (Wildman–Crippen MR) is 39.9 cm³/mol. The highest BCUT2D eigenvalue weighted by atomic mass is 19.4. The van der Waals surface area contributed by atoms with E-state index in [4.69, 9.17) is 5.11 Å². The number of halogens is 3. The van der Waals surface area contributed by atoms with Crippen LogP contribution in [0, 0.1) is 0 Å².